The fourth-order valence-corrected chi connectivity index (χ4v) is 2.99. The lowest BCUT2D eigenvalue weighted by Gasteiger charge is -2.24. The number of methoxy groups -OCH3 is 1. The lowest BCUT2D eigenvalue weighted by molar-refractivity contribution is -0.138. The van der Waals surface area contributed by atoms with Gasteiger partial charge in [-0.25, -0.2) is 0 Å². The molecule has 0 radical (unpaired) electrons. The minimum atomic E-state index is -4.63. The number of aliphatic carboxylic acids is 1. The second-order valence-corrected chi connectivity index (χ2v) is 6.11. The van der Waals surface area contributed by atoms with Crippen LogP contribution in [0.3, 0.4) is 0 Å². The number of likely N-dealkylation sites (tertiary alicyclic amines) is 1. The predicted molar refractivity (Wildman–Crippen MR) is 89.6 cm³/mol. The number of amides is 1. The quantitative estimate of drug-likeness (QED) is 0.728. The normalized spacial score (nSPS) is 19.8. The van der Waals surface area contributed by atoms with E-state index in [-0.39, 0.29) is 43.4 Å². The molecule has 1 aliphatic heterocycles. The fourth-order valence-electron chi connectivity index (χ4n) is 2.99. The number of carboxylic acid groups (broad SMARTS) is 1. The first-order valence-electron chi connectivity index (χ1n) is 8.17. The van der Waals surface area contributed by atoms with Crippen molar-refractivity contribution in [3.05, 3.63) is 42.0 Å². The zero-order valence-electron chi connectivity index (χ0n) is 14.7. The Labute approximate surface area is 154 Å². The topological polar surface area (TPSA) is 76.1 Å². The van der Waals surface area contributed by atoms with E-state index in [0.29, 0.717) is 0 Å². The summed E-state index contributed by atoms with van der Waals surface area (Å²) in [7, 11) is 1.43. The molecule has 0 aliphatic carbocycles. The zero-order valence-corrected chi connectivity index (χ0v) is 14.7. The van der Waals surface area contributed by atoms with Gasteiger partial charge in [-0.15, -0.1) is 0 Å². The molecule has 0 saturated carbocycles. The van der Waals surface area contributed by atoms with Gasteiger partial charge in [0, 0.05) is 19.7 Å². The first-order chi connectivity index (χ1) is 12.7. The van der Waals surface area contributed by atoms with E-state index in [1.807, 2.05) is 0 Å². The number of carboxylic acids is 1. The van der Waals surface area contributed by atoms with Crippen LogP contribution in [0.2, 0.25) is 0 Å². The van der Waals surface area contributed by atoms with Crippen LogP contribution in [-0.2, 0) is 15.7 Å². The van der Waals surface area contributed by atoms with Crippen LogP contribution in [0.5, 0.6) is 5.75 Å². The van der Waals surface area contributed by atoms with Gasteiger partial charge in [0.25, 0.3) is 5.91 Å². The Morgan fingerprint density at radius 3 is 2.67 bits per heavy atom. The van der Waals surface area contributed by atoms with Crippen LogP contribution in [0.15, 0.2) is 30.9 Å². The predicted octanol–water partition coefficient (Wildman–Crippen LogP) is 2.97. The summed E-state index contributed by atoms with van der Waals surface area (Å²) >= 11 is 0. The number of nitrogens with zero attached hydrogens (tertiary/aromatic N) is 1. The molecular formula is C18H20F3NO5. The van der Waals surface area contributed by atoms with Crippen molar-refractivity contribution >= 4 is 11.9 Å². The van der Waals surface area contributed by atoms with Crippen molar-refractivity contribution in [3.8, 4) is 5.75 Å². The maximum Gasteiger partial charge on any atom is 0.416 e. The molecule has 1 saturated heterocycles. The summed E-state index contributed by atoms with van der Waals surface area (Å²) in [4.78, 5) is 25.3. The molecule has 1 N–H and O–H groups in total. The van der Waals surface area contributed by atoms with Gasteiger partial charge in [-0.05, 0) is 24.6 Å². The van der Waals surface area contributed by atoms with E-state index in [9.17, 15) is 22.8 Å². The van der Waals surface area contributed by atoms with Gasteiger partial charge in [-0.1, -0.05) is 12.7 Å². The van der Waals surface area contributed by atoms with Crippen LogP contribution in [0, 0.1) is 0 Å². The third kappa shape index (κ3) is 5.00. The number of benzene rings is 1. The van der Waals surface area contributed by atoms with Crippen LogP contribution in [0.1, 0.15) is 28.8 Å². The highest BCUT2D eigenvalue weighted by Crippen LogP contribution is 2.34. The minimum Gasteiger partial charge on any atom is -0.489 e. The molecule has 1 heterocycles. The van der Waals surface area contributed by atoms with E-state index >= 15 is 0 Å². The van der Waals surface area contributed by atoms with E-state index in [4.69, 9.17) is 14.6 Å². The van der Waals surface area contributed by atoms with Gasteiger partial charge < -0.3 is 19.5 Å². The summed E-state index contributed by atoms with van der Waals surface area (Å²) < 4.78 is 49.8. The SMILES string of the molecule is C=CCOc1ccc(C(F)(F)F)cc1C(=O)N1CC(OC)CC1CC(=O)O. The molecule has 6 nitrogen and oxygen atoms in total. The molecule has 0 bridgehead atoms. The van der Waals surface area contributed by atoms with Gasteiger partial charge >= 0.3 is 12.1 Å². The van der Waals surface area contributed by atoms with E-state index in [2.05, 4.69) is 6.58 Å². The van der Waals surface area contributed by atoms with Gasteiger partial charge in [0.05, 0.1) is 23.7 Å². The standard InChI is InChI=1S/C18H20F3NO5/c1-3-6-27-15-5-4-11(18(19,20)21)7-14(15)17(25)22-10-13(26-2)8-12(22)9-16(23)24/h3-5,7,12-13H,1,6,8-10H2,2H3,(H,23,24). The summed E-state index contributed by atoms with van der Waals surface area (Å²) in [6.45, 7) is 3.56. The molecule has 1 aliphatic rings. The summed E-state index contributed by atoms with van der Waals surface area (Å²) in [6, 6.07) is 1.95. The Hall–Kier alpha value is -2.55. The molecule has 2 atom stereocenters. The van der Waals surface area contributed by atoms with Crippen LogP contribution in [0.25, 0.3) is 0 Å². The maximum absolute atomic E-state index is 13.1. The highest BCUT2D eigenvalue weighted by Gasteiger charge is 2.39. The van der Waals surface area contributed by atoms with Crippen molar-refractivity contribution in [2.24, 2.45) is 0 Å². The van der Waals surface area contributed by atoms with Crippen molar-refractivity contribution in [3.63, 3.8) is 0 Å². The van der Waals surface area contributed by atoms with Gasteiger partial charge in [0.1, 0.15) is 12.4 Å². The second-order valence-electron chi connectivity index (χ2n) is 6.11. The van der Waals surface area contributed by atoms with Crippen LogP contribution in [0.4, 0.5) is 13.2 Å². The number of rotatable bonds is 7. The molecule has 2 unspecified atom stereocenters. The van der Waals surface area contributed by atoms with Crippen molar-refractivity contribution in [2.45, 2.75) is 31.2 Å². The number of hydrogen-bond donors (Lipinski definition) is 1. The maximum atomic E-state index is 13.1. The smallest absolute Gasteiger partial charge is 0.416 e. The van der Waals surface area contributed by atoms with E-state index in [1.165, 1.54) is 18.1 Å². The Balaban J connectivity index is 2.41. The molecule has 27 heavy (non-hydrogen) atoms. The molecule has 1 aromatic carbocycles. The highest BCUT2D eigenvalue weighted by molar-refractivity contribution is 5.97. The van der Waals surface area contributed by atoms with Gasteiger partial charge in [-0.3, -0.25) is 9.59 Å². The molecule has 1 amide bonds. The number of halogens is 3. The second kappa shape index (κ2) is 8.43. The summed E-state index contributed by atoms with van der Waals surface area (Å²) in [5, 5.41) is 9.06. The summed E-state index contributed by atoms with van der Waals surface area (Å²) in [5.74, 6) is -1.87. The molecule has 148 valence electrons. The molecule has 2 rings (SSSR count). The van der Waals surface area contributed by atoms with Crippen LogP contribution in [-0.4, -0.2) is 54.3 Å². The molecule has 1 fully saturated rings. The Morgan fingerprint density at radius 1 is 1.41 bits per heavy atom. The van der Waals surface area contributed by atoms with Crippen molar-refractivity contribution in [1.29, 1.82) is 0 Å². The zero-order chi connectivity index (χ0) is 20.2. The summed E-state index contributed by atoms with van der Waals surface area (Å²) in [5.41, 5.74) is -1.27. The van der Waals surface area contributed by atoms with Crippen LogP contribution < -0.4 is 4.74 Å². The highest BCUT2D eigenvalue weighted by atomic mass is 19.4. The van der Waals surface area contributed by atoms with Crippen molar-refractivity contribution in [2.75, 3.05) is 20.3 Å². The third-order valence-electron chi connectivity index (χ3n) is 4.27. The third-order valence-corrected chi connectivity index (χ3v) is 4.27. The van der Waals surface area contributed by atoms with Crippen LogP contribution >= 0.6 is 0 Å². The Kier molecular flexibility index (Phi) is 6.48. The van der Waals surface area contributed by atoms with Crippen molar-refractivity contribution < 1.29 is 37.3 Å². The lowest BCUT2D eigenvalue weighted by atomic mass is 10.1. The van der Waals surface area contributed by atoms with Gasteiger partial charge in [0.2, 0.25) is 0 Å². The largest absolute Gasteiger partial charge is 0.489 e. The average molecular weight is 387 g/mol. The number of hydrogen-bond acceptors (Lipinski definition) is 4. The average Bonchev–Trinajstić information content (AvgIpc) is 3.00. The molecule has 1 aromatic rings. The Bertz CT molecular complexity index is 719. The molecule has 0 aromatic heterocycles. The fraction of sp³-hybridized carbons (Fsp3) is 0.444. The summed E-state index contributed by atoms with van der Waals surface area (Å²) in [6.07, 6.45) is -3.66. The van der Waals surface area contributed by atoms with E-state index < -0.39 is 29.7 Å². The number of ether oxygens (including phenoxy) is 2. The molecular weight excluding hydrogens is 367 g/mol. The lowest BCUT2D eigenvalue weighted by Crippen LogP contribution is -2.37. The number of carbonyl (C=O) groups excluding carboxylic acids is 1. The van der Waals surface area contributed by atoms with Gasteiger partial charge in [0.15, 0.2) is 0 Å². The number of carbonyl (C=O) groups is 2. The molecule has 9 heteroatoms. The van der Waals surface area contributed by atoms with E-state index in [1.54, 1.807) is 0 Å². The van der Waals surface area contributed by atoms with E-state index in [0.717, 1.165) is 18.2 Å². The monoisotopic (exact) mass is 387 g/mol. The van der Waals surface area contributed by atoms with Gasteiger partial charge in [-0.2, -0.15) is 13.2 Å². The minimum absolute atomic E-state index is 0.00486. The molecule has 0 spiro atoms. The first-order valence-corrected chi connectivity index (χ1v) is 8.17. The number of alkyl halides is 3. The first kappa shape index (κ1) is 20.8. The van der Waals surface area contributed by atoms with Crippen molar-refractivity contribution in [1.82, 2.24) is 4.90 Å². The Morgan fingerprint density at radius 2 is 2.11 bits per heavy atom.